The summed E-state index contributed by atoms with van der Waals surface area (Å²) in [5.41, 5.74) is 0.882. The molecule has 0 aliphatic carbocycles. The zero-order valence-electron chi connectivity index (χ0n) is 9.39. The van der Waals surface area contributed by atoms with Crippen LogP contribution in [0.25, 0.3) is 10.2 Å². The third kappa shape index (κ3) is 2.46. The van der Waals surface area contributed by atoms with Crippen molar-refractivity contribution in [1.29, 1.82) is 0 Å². The Morgan fingerprint density at radius 1 is 1.44 bits per heavy atom. The van der Waals surface area contributed by atoms with Crippen LogP contribution in [0.1, 0.15) is 6.42 Å². The Hall–Kier alpha value is -0.850. The van der Waals surface area contributed by atoms with Crippen LogP contribution in [-0.4, -0.2) is 30.9 Å². The normalized spacial score (nSPS) is 22.4. The lowest BCUT2D eigenvalue weighted by atomic mass is 10.3. The Morgan fingerprint density at radius 2 is 2.28 bits per heavy atom. The number of hydrogen-bond acceptors (Lipinski definition) is 5. The fraction of sp³-hybridized carbons (Fsp3) is 0.364. The van der Waals surface area contributed by atoms with Gasteiger partial charge < -0.3 is 5.32 Å². The Morgan fingerprint density at radius 3 is 3.00 bits per heavy atom. The average Bonchev–Trinajstić information content (AvgIpc) is 2.81. The molecule has 2 aromatic rings. The van der Waals surface area contributed by atoms with Crippen molar-refractivity contribution in [3.63, 3.8) is 0 Å². The molecule has 4 nitrogen and oxygen atoms in total. The van der Waals surface area contributed by atoms with Gasteiger partial charge in [-0.25, -0.2) is 13.4 Å². The molecule has 7 heteroatoms. The lowest BCUT2D eigenvalue weighted by molar-refractivity contribution is 0.602. The lowest BCUT2D eigenvalue weighted by Crippen LogP contribution is -2.20. The summed E-state index contributed by atoms with van der Waals surface area (Å²) in [4.78, 5) is 4.42. The Bertz CT molecular complexity index is 696. The standard InChI is InChI=1S/C11H11ClN2O2S2/c12-7-1-2-9-10(5-7)17-11(14-9)13-8-3-4-18(15,16)6-8/h1-2,5,8H,3-4,6H2,(H,13,14)/t8-/m0/s1. The minimum atomic E-state index is -2.86. The van der Waals surface area contributed by atoms with E-state index >= 15 is 0 Å². The molecule has 0 saturated carbocycles. The maximum atomic E-state index is 11.4. The van der Waals surface area contributed by atoms with E-state index in [4.69, 9.17) is 11.6 Å². The van der Waals surface area contributed by atoms with Crippen LogP contribution < -0.4 is 5.32 Å². The van der Waals surface area contributed by atoms with Crippen molar-refractivity contribution < 1.29 is 8.42 Å². The van der Waals surface area contributed by atoms with Gasteiger partial charge in [-0.15, -0.1) is 0 Å². The van der Waals surface area contributed by atoms with Crippen LogP contribution in [0, 0.1) is 0 Å². The van der Waals surface area contributed by atoms with Gasteiger partial charge in [0, 0.05) is 11.1 Å². The highest BCUT2D eigenvalue weighted by molar-refractivity contribution is 7.91. The van der Waals surface area contributed by atoms with E-state index in [1.54, 1.807) is 6.07 Å². The van der Waals surface area contributed by atoms with Gasteiger partial charge in [0.25, 0.3) is 0 Å². The molecular weight excluding hydrogens is 292 g/mol. The fourth-order valence-electron chi connectivity index (χ4n) is 2.04. The lowest BCUT2D eigenvalue weighted by Gasteiger charge is -2.07. The number of hydrogen-bond donors (Lipinski definition) is 1. The van der Waals surface area contributed by atoms with E-state index in [1.165, 1.54) is 11.3 Å². The highest BCUT2D eigenvalue weighted by atomic mass is 35.5. The summed E-state index contributed by atoms with van der Waals surface area (Å²) in [6.07, 6.45) is 0.652. The number of halogens is 1. The molecule has 1 N–H and O–H groups in total. The average molecular weight is 303 g/mol. The van der Waals surface area contributed by atoms with Gasteiger partial charge in [-0.1, -0.05) is 22.9 Å². The molecule has 0 unspecified atom stereocenters. The number of nitrogens with one attached hydrogen (secondary N) is 1. The van der Waals surface area contributed by atoms with E-state index in [-0.39, 0.29) is 17.5 Å². The number of anilines is 1. The fourth-order valence-corrected chi connectivity index (χ4v) is 4.94. The first-order chi connectivity index (χ1) is 8.52. The zero-order chi connectivity index (χ0) is 12.8. The number of benzene rings is 1. The van der Waals surface area contributed by atoms with E-state index in [9.17, 15) is 8.42 Å². The third-order valence-electron chi connectivity index (χ3n) is 2.91. The van der Waals surface area contributed by atoms with Crippen LogP contribution in [0.3, 0.4) is 0 Å². The van der Waals surface area contributed by atoms with Crippen molar-refractivity contribution in [2.45, 2.75) is 12.5 Å². The quantitative estimate of drug-likeness (QED) is 0.926. The smallest absolute Gasteiger partial charge is 0.184 e. The van der Waals surface area contributed by atoms with E-state index in [2.05, 4.69) is 10.3 Å². The minimum absolute atomic E-state index is 0.0222. The van der Waals surface area contributed by atoms with E-state index in [0.717, 1.165) is 15.3 Å². The number of fused-ring (bicyclic) bond motifs is 1. The molecule has 1 saturated heterocycles. The van der Waals surface area contributed by atoms with Crippen molar-refractivity contribution in [3.05, 3.63) is 23.2 Å². The van der Waals surface area contributed by atoms with Crippen LogP contribution in [0.15, 0.2) is 18.2 Å². The molecule has 3 rings (SSSR count). The topological polar surface area (TPSA) is 59.1 Å². The van der Waals surface area contributed by atoms with Gasteiger partial charge in [-0.05, 0) is 24.6 Å². The molecule has 1 aromatic carbocycles. The first-order valence-electron chi connectivity index (χ1n) is 5.55. The number of nitrogens with zero attached hydrogens (tertiary/aromatic N) is 1. The van der Waals surface area contributed by atoms with Crippen molar-refractivity contribution in [1.82, 2.24) is 4.98 Å². The molecule has 18 heavy (non-hydrogen) atoms. The largest absolute Gasteiger partial charge is 0.358 e. The molecule has 0 radical (unpaired) electrons. The first kappa shape index (κ1) is 12.2. The molecule has 96 valence electrons. The van der Waals surface area contributed by atoms with E-state index in [1.807, 2.05) is 12.1 Å². The molecule has 0 bridgehead atoms. The number of rotatable bonds is 2. The van der Waals surface area contributed by atoms with Gasteiger partial charge >= 0.3 is 0 Å². The highest BCUT2D eigenvalue weighted by Gasteiger charge is 2.28. The predicted molar refractivity (Wildman–Crippen MR) is 75.3 cm³/mol. The summed E-state index contributed by atoms with van der Waals surface area (Å²) in [7, 11) is -2.86. The van der Waals surface area contributed by atoms with Gasteiger partial charge in [-0.2, -0.15) is 0 Å². The molecule has 1 aliphatic rings. The van der Waals surface area contributed by atoms with Crippen molar-refractivity contribution in [2.75, 3.05) is 16.8 Å². The summed E-state index contributed by atoms with van der Waals surface area (Å²) in [5.74, 6) is 0.463. The Balaban J connectivity index is 1.83. The maximum absolute atomic E-state index is 11.4. The molecule has 0 amide bonds. The third-order valence-corrected chi connectivity index (χ3v) is 5.86. The first-order valence-corrected chi connectivity index (χ1v) is 8.56. The van der Waals surface area contributed by atoms with Crippen molar-refractivity contribution in [3.8, 4) is 0 Å². The maximum Gasteiger partial charge on any atom is 0.184 e. The van der Waals surface area contributed by atoms with E-state index in [0.29, 0.717) is 11.4 Å². The van der Waals surface area contributed by atoms with Crippen molar-refractivity contribution in [2.24, 2.45) is 0 Å². The molecule has 1 atom stereocenters. The SMILES string of the molecule is O=S1(=O)CC[C@H](Nc2nc3ccc(Cl)cc3s2)C1. The number of aromatic nitrogens is 1. The molecule has 1 aromatic heterocycles. The van der Waals surface area contributed by atoms with Crippen LogP contribution in [0.2, 0.25) is 5.02 Å². The predicted octanol–water partition coefficient (Wildman–Crippen LogP) is 2.55. The summed E-state index contributed by atoms with van der Waals surface area (Å²) < 4.78 is 23.8. The molecule has 2 heterocycles. The second kappa shape index (κ2) is 4.36. The molecular formula is C11H11ClN2O2S2. The Kier molecular flexibility index (Phi) is 2.96. The molecule has 1 fully saturated rings. The summed E-state index contributed by atoms with van der Waals surface area (Å²) in [5, 5.41) is 4.63. The second-order valence-electron chi connectivity index (χ2n) is 4.38. The van der Waals surface area contributed by atoms with Gasteiger partial charge in [0.05, 0.1) is 21.7 Å². The molecule has 0 spiro atoms. The second-order valence-corrected chi connectivity index (χ2v) is 8.07. The van der Waals surface area contributed by atoms with Gasteiger partial charge in [0.15, 0.2) is 15.0 Å². The van der Waals surface area contributed by atoms with E-state index < -0.39 is 9.84 Å². The minimum Gasteiger partial charge on any atom is -0.358 e. The van der Waals surface area contributed by atoms with Gasteiger partial charge in [0.1, 0.15) is 0 Å². The van der Waals surface area contributed by atoms with Crippen molar-refractivity contribution >= 4 is 48.1 Å². The Labute approximate surface area is 114 Å². The summed E-state index contributed by atoms with van der Waals surface area (Å²) in [6, 6.07) is 5.51. The van der Waals surface area contributed by atoms with Crippen LogP contribution in [0.4, 0.5) is 5.13 Å². The zero-order valence-corrected chi connectivity index (χ0v) is 11.8. The monoisotopic (exact) mass is 302 g/mol. The van der Waals surface area contributed by atoms with Crippen LogP contribution in [0.5, 0.6) is 0 Å². The number of thiazole rings is 1. The summed E-state index contributed by atoms with van der Waals surface area (Å²) >= 11 is 7.41. The van der Waals surface area contributed by atoms with Gasteiger partial charge in [0.2, 0.25) is 0 Å². The van der Waals surface area contributed by atoms with Crippen LogP contribution >= 0.6 is 22.9 Å². The highest BCUT2D eigenvalue weighted by Crippen LogP contribution is 2.29. The molecule has 1 aliphatic heterocycles. The summed E-state index contributed by atoms with van der Waals surface area (Å²) in [6.45, 7) is 0. The van der Waals surface area contributed by atoms with Crippen LogP contribution in [-0.2, 0) is 9.84 Å². The number of sulfone groups is 1. The van der Waals surface area contributed by atoms with Gasteiger partial charge in [-0.3, -0.25) is 0 Å².